The molecule has 72 valence electrons. The second-order valence-electron chi connectivity index (χ2n) is 2.85. The fourth-order valence-electron chi connectivity index (χ4n) is 1.14. The highest BCUT2D eigenvalue weighted by molar-refractivity contribution is 9.10. The highest BCUT2D eigenvalue weighted by Crippen LogP contribution is 2.26. The van der Waals surface area contributed by atoms with Gasteiger partial charge in [0.05, 0.1) is 5.56 Å². The maximum atomic E-state index is 9.56. The second kappa shape index (κ2) is 3.42. The van der Waals surface area contributed by atoms with Gasteiger partial charge in [0, 0.05) is 7.05 Å². The number of rotatable bonds is 1. The van der Waals surface area contributed by atoms with Crippen LogP contribution in [0, 0.1) is 0 Å². The van der Waals surface area contributed by atoms with Crippen LogP contribution in [0.15, 0.2) is 29.0 Å². The van der Waals surface area contributed by atoms with Crippen molar-refractivity contribution < 1.29 is 5.11 Å². The summed E-state index contributed by atoms with van der Waals surface area (Å²) in [5.74, 6) is 0.697. The molecule has 0 atom stereocenters. The molecule has 0 fully saturated rings. The van der Waals surface area contributed by atoms with Gasteiger partial charge in [-0.3, -0.25) is 0 Å². The van der Waals surface area contributed by atoms with Crippen molar-refractivity contribution in [1.29, 1.82) is 0 Å². The van der Waals surface area contributed by atoms with Crippen LogP contribution in [0.2, 0.25) is 0 Å². The van der Waals surface area contributed by atoms with Crippen molar-refractivity contribution in [2.45, 2.75) is 0 Å². The number of aromatic nitrogens is 3. The van der Waals surface area contributed by atoms with Gasteiger partial charge in [0.2, 0.25) is 0 Å². The molecule has 0 bridgehead atoms. The molecular weight excluding hydrogens is 246 g/mol. The van der Waals surface area contributed by atoms with Crippen LogP contribution in [-0.2, 0) is 7.05 Å². The number of hydrogen-bond acceptors (Lipinski definition) is 3. The van der Waals surface area contributed by atoms with Crippen molar-refractivity contribution >= 4 is 15.9 Å². The van der Waals surface area contributed by atoms with Crippen molar-refractivity contribution in [2.24, 2.45) is 7.05 Å². The number of nitrogens with zero attached hydrogens (tertiary/aromatic N) is 3. The molecule has 1 aromatic heterocycles. The molecule has 2 aromatic rings. The summed E-state index contributed by atoms with van der Waals surface area (Å²) in [4.78, 5) is 4.15. The van der Waals surface area contributed by atoms with E-state index in [-0.39, 0.29) is 5.75 Å². The number of hydrogen-bond donors (Lipinski definition) is 1. The molecule has 1 heterocycles. The van der Waals surface area contributed by atoms with E-state index >= 15 is 0 Å². The number of aryl methyl sites for hydroxylation is 1. The molecule has 0 saturated heterocycles. The summed E-state index contributed by atoms with van der Waals surface area (Å²) >= 11 is 3.25. The number of halogens is 1. The molecule has 0 spiro atoms. The standard InChI is InChI=1S/C9H8BrN3O/c1-13-9(10)11-8(12-13)6-4-2-3-5-7(6)14/h2-5,14H,1H3. The van der Waals surface area contributed by atoms with E-state index < -0.39 is 0 Å². The highest BCUT2D eigenvalue weighted by atomic mass is 79.9. The second-order valence-corrected chi connectivity index (χ2v) is 3.55. The predicted molar refractivity (Wildman–Crippen MR) is 55.8 cm³/mol. The maximum absolute atomic E-state index is 9.56. The zero-order valence-electron chi connectivity index (χ0n) is 7.48. The summed E-state index contributed by atoms with van der Waals surface area (Å²) in [6.07, 6.45) is 0. The van der Waals surface area contributed by atoms with E-state index in [9.17, 15) is 5.11 Å². The van der Waals surface area contributed by atoms with Gasteiger partial charge in [-0.05, 0) is 28.1 Å². The van der Waals surface area contributed by atoms with Crippen molar-refractivity contribution in [3.05, 3.63) is 29.0 Å². The van der Waals surface area contributed by atoms with Crippen LogP contribution >= 0.6 is 15.9 Å². The molecule has 0 amide bonds. The average molecular weight is 254 g/mol. The first-order chi connectivity index (χ1) is 6.68. The molecule has 14 heavy (non-hydrogen) atoms. The van der Waals surface area contributed by atoms with Crippen LogP contribution in [0.25, 0.3) is 11.4 Å². The average Bonchev–Trinajstić information content (AvgIpc) is 2.48. The minimum absolute atomic E-state index is 0.186. The lowest BCUT2D eigenvalue weighted by molar-refractivity contribution is 0.477. The first-order valence-electron chi connectivity index (χ1n) is 4.03. The number of phenols is 1. The number of aromatic hydroxyl groups is 1. The molecule has 0 aliphatic rings. The Morgan fingerprint density at radius 1 is 1.36 bits per heavy atom. The minimum atomic E-state index is 0.186. The van der Waals surface area contributed by atoms with E-state index in [1.807, 2.05) is 6.07 Å². The molecule has 1 aromatic carbocycles. The zero-order chi connectivity index (χ0) is 10.1. The normalized spacial score (nSPS) is 10.4. The quantitative estimate of drug-likeness (QED) is 0.846. The van der Waals surface area contributed by atoms with E-state index in [1.165, 1.54) is 0 Å². The van der Waals surface area contributed by atoms with Gasteiger partial charge >= 0.3 is 0 Å². The number of phenolic OH excluding ortho intramolecular Hbond substituents is 1. The predicted octanol–water partition coefficient (Wildman–Crippen LogP) is 1.95. The van der Waals surface area contributed by atoms with E-state index in [2.05, 4.69) is 26.0 Å². The van der Waals surface area contributed by atoms with Crippen LogP contribution in [0.1, 0.15) is 0 Å². The van der Waals surface area contributed by atoms with Gasteiger partial charge in [0.1, 0.15) is 5.75 Å². The molecule has 0 saturated carbocycles. The van der Waals surface area contributed by atoms with E-state index in [0.717, 1.165) is 0 Å². The van der Waals surface area contributed by atoms with Gasteiger partial charge in [0.15, 0.2) is 10.6 Å². The van der Waals surface area contributed by atoms with Crippen LogP contribution in [0.5, 0.6) is 5.75 Å². The van der Waals surface area contributed by atoms with Gasteiger partial charge in [0.25, 0.3) is 0 Å². The van der Waals surface area contributed by atoms with Gasteiger partial charge in [-0.1, -0.05) is 12.1 Å². The number of para-hydroxylation sites is 1. The summed E-state index contributed by atoms with van der Waals surface area (Å²) < 4.78 is 2.23. The van der Waals surface area contributed by atoms with E-state index in [4.69, 9.17) is 0 Å². The fourth-order valence-corrected chi connectivity index (χ4v) is 1.39. The Bertz CT molecular complexity index is 447. The van der Waals surface area contributed by atoms with E-state index in [0.29, 0.717) is 16.1 Å². The summed E-state index contributed by atoms with van der Waals surface area (Å²) in [5, 5.41) is 13.7. The molecular formula is C9H8BrN3O. The third-order valence-electron chi connectivity index (χ3n) is 1.85. The Labute approximate surface area is 89.3 Å². The van der Waals surface area contributed by atoms with Gasteiger partial charge in [-0.25, -0.2) is 9.67 Å². The summed E-state index contributed by atoms with van der Waals surface area (Å²) in [5.41, 5.74) is 0.633. The summed E-state index contributed by atoms with van der Waals surface area (Å²) in [6.45, 7) is 0. The first kappa shape index (κ1) is 9.21. The summed E-state index contributed by atoms with van der Waals surface area (Å²) in [7, 11) is 1.78. The third-order valence-corrected chi connectivity index (χ3v) is 2.55. The van der Waals surface area contributed by atoms with Gasteiger partial charge < -0.3 is 5.11 Å². The van der Waals surface area contributed by atoms with Crippen molar-refractivity contribution in [2.75, 3.05) is 0 Å². The van der Waals surface area contributed by atoms with Gasteiger partial charge in [-0.15, -0.1) is 0 Å². The zero-order valence-corrected chi connectivity index (χ0v) is 9.06. The molecule has 0 unspecified atom stereocenters. The molecule has 1 N–H and O–H groups in total. The van der Waals surface area contributed by atoms with Crippen LogP contribution < -0.4 is 0 Å². The molecule has 2 rings (SSSR count). The van der Waals surface area contributed by atoms with Crippen molar-refractivity contribution in [3.63, 3.8) is 0 Å². The maximum Gasteiger partial charge on any atom is 0.195 e. The van der Waals surface area contributed by atoms with Crippen molar-refractivity contribution in [1.82, 2.24) is 14.8 Å². The Hall–Kier alpha value is -1.36. The van der Waals surface area contributed by atoms with Crippen LogP contribution in [0.3, 0.4) is 0 Å². The highest BCUT2D eigenvalue weighted by Gasteiger charge is 2.09. The lowest BCUT2D eigenvalue weighted by atomic mass is 10.2. The fraction of sp³-hybridized carbons (Fsp3) is 0.111. The molecule has 4 nitrogen and oxygen atoms in total. The molecule has 0 radical (unpaired) electrons. The third kappa shape index (κ3) is 1.50. The smallest absolute Gasteiger partial charge is 0.195 e. The largest absolute Gasteiger partial charge is 0.507 e. The Morgan fingerprint density at radius 2 is 2.07 bits per heavy atom. The number of benzene rings is 1. The Balaban J connectivity index is 2.55. The minimum Gasteiger partial charge on any atom is -0.507 e. The lowest BCUT2D eigenvalue weighted by Gasteiger charge is -1.97. The van der Waals surface area contributed by atoms with Crippen LogP contribution in [-0.4, -0.2) is 19.9 Å². The summed E-state index contributed by atoms with van der Waals surface area (Å²) in [6, 6.07) is 6.98. The van der Waals surface area contributed by atoms with Crippen molar-refractivity contribution in [3.8, 4) is 17.1 Å². The first-order valence-corrected chi connectivity index (χ1v) is 4.82. The SMILES string of the molecule is Cn1nc(-c2ccccc2O)nc1Br. The molecule has 0 aliphatic heterocycles. The molecule has 0 aliphatic carbocycles. The Morgan fingerprint density at radius 3 is 2.64 bits per heavy atom. The van der Waals surface area contributed by atoms with Gasteiger partial charge in [-0.2, -0.15) is 5.10 Å². The molecule has 5 heteroatoms. The van der Waals surface area contributed by atoms with E-state index in [1.54, 1.807) is 29.9 Å². The Kier molecular flexibility index (Phi) is 2.25. The lowest BCUT2D eigenvalue weighted by Crippen LogP contribution is -1.89. The topological polar surface area (TPSA) is 50.9 Å². The van der Waals surface area contributed by atoms with Crippen LogP contribution in [0.4, 0.5) is 0 Å². The monoisotopic (exact) mass is 253 g/mol.